The van der Waals surface area contributed by atoms with Gasteiger partial charge in [-0.1, -0.05) is 0 Å². The molecule has 0 saturated carbocycles. The van der Waals surface area contributed by atoms with Gasteiger partial charge in [0.05, 0.1) is 29.6 Å². The minimum absolute atomic E-state index is 0.0785. The molecule has 0 saturated heterocycles. The van der Waals surface area contributed by atoms with Crippen LogP contribution in [0, 0.1) is 0 Å². The van der Waals surface area contributed by atoms with Gasteiger partial charge in [0.25, 0.3) is 0 Å². The number of amides is 1. The van der Waals surface area contributed by atoms with Crippen LogP contribution >= 0.6 is 0 Å². The molecule has 0 aromatic heterocycles. The molecule has 1 aliphatic heterocycles. The van der Waals surface area contributed by atoms with E-state index in [0.717, 1.165) is 10.6 Å². The van der Waals surface area contributed by atoms with Gasteiger partial charge in [0.1, 0.15) is 25.5 Å². The first kappa shape index (κ1) is 25.6. The van der Waals surface area contributed by atoms with Crippen LogP contribution < -0.4 is 28.6 Å². The Labute approximate surface area is 199 Å². The first-order valence-electron chi connectivity index (χ1n) is 10.3. The second-order valence-electron chi connectivity index (χ2n) is 7.78. The molecule has 0 aliphatic carbocycles. The Morgan fingerprint density at radius 1 is 1.06 bits per heavy atom. The number of fused-ring (bicyclic) bond motifs is 1. The number of hydrogen-bond donors (Lipinski definition) is 2. The monoisotopic (exact) mass is 513 g/mol. The van der Waals surface area contributed by atoms with Gasteiger partial charge in [-0.05, 0) is 44.2 Å². The third-order valence-electron chi connectivity index (χ3n) is 4.65. The van der Waals surface area contributed by atoms with Crippen LogP contribution in [-0.4, -0.2) is 61.9 Å². The lowest BCUT2D eigenvalue weighted by molar-refractivity contribution is -0.114. The van der Waals surface area contributed by atoms with Crippen LogP contribution in [0.2, 0.25) is 0 Å². The summed E-state index contributed by atoms with van der Waals surface area (Å²) in [5, 5.41) is 2.54. The van der Waals surface area contributed by atoms with E-state index < -0.39 is 32.5 Å². The summed E-state index contributed by atoms with van der Waals surface area (Å²) in [6, 6.07) is 8.22. The Bertz CT molecular complexity index is 1280. The van der Waals surface area contributed by atoms with Crippen molar-refractivity contribution < 1.29 is 35.8 Å². The Morgan fingerprint density at radius 2 is 1.74 bits per heavy atom. The van der Waals surface area contributed by atoms with Crippen molar-refractivity contribution in [3.05, 3.63) is 36.4 Å². The molecule has 0 atom stereocenters. The Balaban J connectivity index is 1.87. The van der Waals surface area contributed by atoms with Crippen molar-refractivity contribution in [1.29, 1.82) is 0 Å². The average Bonchev–Trinajstić information content (AvgIpc) is 2.75. The fourth-order valence-corrected chi connectivity index (χ4v) is 5.36. The van der Waals surface area contributed by atoms with E-state index in [9.17, 15) is 21.6 Å². The van der Waals surface area contributed by atoms with E-state index in [1.165, 1.54) is 37.4 Å². The Hall–Kier alpha value is -3.03. The van der Waals surface area contributed by atoms with Crippen LogP contribution in [0.15, 0.2) is 41.3 Å². The van der Waals surface area contributed by atoms with Crippen molar-refractivity contribution in [2.75, 3.05) is 42.7 Å². The molecule has 0 spiro atoms. The largest absolute Gasteiger partial charge is 0.495 e. The number of carbonyl (C=O) groups is 1. The normalized spacial score (nSPS) is 13.4. The number of anilines is 2. The number of benzene rings is 2. The molecule has 1 aliphatic rings. The van der Waals surface area contributed by atoms with Crippen molar-refractivity contribution >= 4 is 37.3 Å². The smallest absolute Gasteiger partial charge is 0.245 e. The molecule has 0 radical (unpaired) electrons. The summed E-state index contributed by atoms with van der Waals surface area (Å²) in [5.41, 5.74) is 0.293. The van der Waals surface area contributed by atoms with Crippen molar-refractivity contribution in [2.24, 2.45) is 0 Å². The van der Waals surface area contributed by atoms with Crippen molar-refractivity contribution in [2.45, 2.75) is 24.8 Å². The minimum atomic E-state index is -3.85. The molecule has 0 fully saturated rings. The van der Waals surface area contributed by atoms with Gasteiger partial charge in [0.15, 0.2) is 11.5 Å². The first-order chi connectivity index (χ1) is 15.9. The molecule has 11 nitrogen and oxygen atoms in total. The van der Waals surface area contributed by atoms with E-state index in [4.69, 9.17) is 14.2 Å². The number of methoxy groups -OCH3 is 1. The maximum atomic E-state index is 12.8. The number of nitrogens with one attached hydrogen (secondary N) is 2. The van der Waals surface area contributed by atoms with Gasteiger partial charge in [-0.25, -0.2) is 21.6 Å². The van der Waals surface area contributed by atoms with Gasteiger partial charge < -0.3 is 19.5 Å². The molecule has 186 valence electrons. The highest BCUT2D eigenvalue weighted by atomic mass is 32.2. The summed E-state index contributed by atoms with van der Waals surface area (Å²) in [5.74, 6) is 0.354. The van der Waals surface area contributed by atoms with Crippen LogP contribution in [0.5, 0.6) is 17.2 Å². The summed E-state index contributed by atoms with van der Waals surface area (Å²) < 4.78 is 69.5. The summed E-state index contributed by atoms with van der Waals surface area (Å²) in [7, 11) is -6.32. The highest BCUT2D eigenvalue weighted by Crippen LogP contribution is 2.35. The van der Waals surface area contributed by atoms with Gasteiger partial charge in [-0.2, -0.15) is 0 Å². The molecule has 0 unspecified atom stereocenters. The minimum Gasteiger partial charge on any atom is -0.495 e. The zero-order valence-electron chi connectivity index (χ0n) is 19.2. The second kappa shape index (κ2) is 10.1. The lowest BCUT2D eigenvalue weighted by Crippen LogP contribution is -2.37. The molecule has 0 bridgehead atoms. The summed E-state index contributed by atoms with van der Waals surface area (Å²) in [6.07, 6.45) is 0.975. The molecule has 1 heterocycles. The highest BCUT2D eigenvalue weighted by Gasteiger charge is 2.25. The molecule has 2 aromatic carbocycles. The zero-order chi connectivity index (χ0) is 25.1. The predicted molar refractivity (Wildman–Crippen MR) is 127 cm³/mol. The maximum Gasteiger partial charge on any atom is 0.245 e. The maximum absolute atomic E-state index is 12.8. The Morgan fingerprint density at radius 3 is 2.35 bits per heavy atom. The SMILES string of the molecule is COc1ccc(S(=O)(=O)NC(C)C)cc1NC(=O)CN(c1ccc2c(c1)OCCO2)S(C)(=O)=O. The number of sulfonamides is 2. The standard InChI is InChI=1S/C21H27N3O8S2/c1-14(2)23-34(28,29)16-6-8-18(30-3)17(12-16)22-21(25)13-24(33(4,26)27)15-5-7-19-20(11-15)32-10-9-31-19/h5-8,11-12,14,23H,9-10,13H2,1-4H3,(H,22,25). The first-order valence-corrected chi connectivity index (χ1v) is 13.6. The molecule has 2 N–H and O–H groups in total. The molecular formula is C21H27N3O8S2. The van der Waals surface area contributed by atoms with E-state index in [2.05, 4.69) is 10.0 Å². The highest BCUT2D eigenvalue weighted by molar-refractivity contribution is 7.92. The Kier molecular flexibility index (Phi) is 7.58. The lowest BCUT2D eigenvalue weighted by Gasteiger charge is -2.25. The zero-order valence-corrected chi connectivity index (χ0v) is 20.8. The van der Waals surface area contributed by atoms with Crippen LogP contribution in [0.3, 0.4) is 0 Å². The predicted octanol–water partition coefficient (Wildman–Crippen LogP) is 1.56. The summed E-state index contributed by atoms with van der Waals surface area (Å²) in [6.45, 7) is 3.50. The van der Waals surface area contributed by atoms with E-state index in [1.807, 2.05) is 0 Å². The van der Waals surface area contributed by atoms with Gasteiger partial charge in [0, 0.05) is 12.1 Å². The summed E-state index contributed by atoms with van der Waals surface area (Å²) >= 11 is 0. The third kappa shape index (κ3) is 6.10. The van der Waals surface area contributed by atoms with Crippen molar-refractivity contribution in [3.63, 3.8) is 0 Å². The fourth-order valence-electron chi connectivity index (χ4n) is 3.24. The van der Waals surface area contributed by atoms with Gasteiger partial charge in [0.2, 0.25) is 26.0 Å². The summed E-state index contributed by atoms with van der Waals surface area (Å²) in [4.78, 5) is 12.8. The molecular weight excluding hydrogens is 486 g/mol. The van der Waals surface area contributed by atoms with Crippen LogP contribution in [0.25, 0.3) is 0 Å². The van der Waals surface area contributed by atoms with Crippen molar-refractivity contribution in [3.8, 4) is 17.2 Å². The van der Waals surface area contributed by atoms with Crippen LogP contribution in [-0.2, 0) is 24.8 Å². The number of ether oxygens (including phenoxy) is 3. The van der Waals surface area contributed by atoms with Crippen LogP contribution in [0.1, 0.15) is 13.8 Å². The topological polar surface area (TPSA) is 140 Å². The number of nitrogens with zero attached hydrogens (tertiary/aromatic N) is 1. The van der Waals surface area contributed by atoms with E-state index in [-0.39, 0.29) is 28.1 Å². The van der Waals surface area contributed by atoms with Crippen LogP contribution in [0.4, 0.5) is 11.4 Å². The van der Waals surface area contributed by atoms with E-state index in [1.54, 1.807) is 19.9 Å². The average molecular weight is 514 g/mol. The number of hydrogen-bond acceptors (Lipinski definition) is 8. The molecule has 13 heteroatoms. The quantitative estimate of drug-likeness (QED) is 0.515. The number of rotatable bonds is 9. The molecule has 2 aromatic rings. The van der Waals surface area contributed by atoms with Gasteiger partial charge in [-0.3, -0.25) is 9.10 Å². The van der Waals surface area contributed by atoms with E-state index in [0.29, 0.717) is 24.7 Å². The molecule has 3 rings (SSSR count). The number of carbonyl (C=O) groups excluding carboxylic acids is 1. The molecule has 34 heavy (non-hydrogen) atoms. The second-order valence-corrected chi connectivity index (χ2v) is 11.4. The van der Waals surface area contributed by atoms with E-state index >= 15 is 0 Å². The lowest BCUT2D eigenvalue weighted by atomic mass is 10.2. The van der Waals surface area contributed by atoms with Crippen molar-refractivity contribution in [1.82, 2.24) is 4.72 Å². The van der Waals surface area contributed by atoms with Gasteiger partial charge >= 0.3 is 0 Å². The third-order valence-corrected chi connectivity index (χ3v) is 7.44. The fraction of sp³-hybridized carbons (Fsp3) is 0.381. The van der Waals surface area contributed by atoms with Gasteiger partial charge in [-0.15, -0.1) is 0 Å². The molecule has 1 amide bonds.